The van der Waals surface area contributed by atoms with Gasteiger partial charge in [0.05, 0.1) is 0 Å². The summed E-state index contributed by atoms with van der Waals surface area (Å²) in [4.78, 5) is 0. The highest BCUT2D eigenvalue weighted by molar-refractivity contribution is 7.35. The van der Waals surface area contributed by atoms with E-state index in [1.165, 1.54) is 32.3 Å². The zero-order chi connectivity index (χ0) is 9.36. The van der Waals surface area contributed by atoms with Gasteiger partial charge in [0.2, 0.25) is 0 Å². The first-order valence-corrected chi connectivity index (χ1v) is 15.5. The number of hydrogen-bond acceptors (Lipinski definition) is 1. The molecule has 1 atom stereocenters. The van der Waals surface area contributed by atoms with Gasteiger partial charge in [0.25, 0.3) is 0 Å². The molecule has 1 aliphatic heterocycles. The Morgan fingerprint density at radius 1 is 1.23 bits per heavy atom. The van der Waals surface area contributed by atoms with Crippen LogP contribution in [0.3, 0.4) is 0 Å². The molecule has 0 radical (unpaired) electrons. The van der Waals surface area contributed by atoms with Crippen molar-refractivity contribution in [1.82, 2.24) is 0 Å². The highest BCUT2D eigenvalue weighted by atomic mass is 29.5. The van der Waals surface area contributed by atoms with Crippen molar-refractivity contribution in [2.24, 2.45) is 0 Å². The Kier molecular flexibility index (Phi) is 7.16. The minimum absolute atomic E-state index is 0.102. The van der Waals surface area contributed by atoms with E-state index >= 15 is 0 Å². The molecule has 1 nitrogen and oxygen atoms in total. The summed E-state index contributed by atoms with van der Waals surface area (Å²) in [5.41, 5.74) is 0. The Morgan fingerprint density at radius 2 is 2.08 bits per heavy atom. The standard InChI is InChI=1S/C9H24OSi3/c1-2-3-4-5-6-8-13-9-7-10-11-12-13/h13H,2-9,11-12H2,1H3. The van der Waals surface area contributed by atoms with Crippen LogP contribution in [0.25, 0.3) is 0 Å². The Balaban J connectivity index is 1.86. The van der Waals surface area contributed by atoms with Crippen LogP contribution in [0.4, 0.5) is 0 Å². The van der Waals surface area contributed by atoms with Crippen molar-refractivity contribution in [3.05, 3.63) is 0 Å². The zero-order valence-corrected chi connectivity index (χ0v) is 13.0. The SMILES string of the molecule is CCCCCCC[SiH]1CCO[SiH2][SiH2]1. The van der Waals surface area contributed by atoms with Crippen molar-refractivity contribution in [3.8, 4) is 0 Å². The third-order valence-electron chi connectivity index (χ3n) is 3.06. The largest absolute Gasteiger partial charge is 0.428 e. The molecule has 0 amide bonds. The lowest BCUT2D eigenvalue weighted by molar-refractivity contribution is 0.366. The topological polar surface area (TPSA) is 9.23 Å². The van der Waals surface area contributed by atoms with Gasteiger partial charge in [-0.2, -0.15) is 0 Å². The molecule has 0 N–H and O–H groups in total. The van der Waals surface area contributed by atoms with E-state index in [0.29, 0.717) is 8.55 Å². The quantitative estimate of drug-likeness (QED) is 0.488. The third kappa shape index (κ3) is 5.83. The van der Waals surface area contributed by atoms with Crippen LogP contribution in [0.15, 0.2) is 0 Å². The maximum absolute atomic E-state index is 5.58. The smallest absolute Gasteiger partial charge is 0.140 e. The van der Waals surface area contributed by atoms with Crippen LogP contribution < -0.4 is 0 Å². The van der Waals surface area contributed by atoms with E-state index < -0.39 is 0 Å². The van der Waals surface area contributed by atoms with Crippen LogP contribution in [0, 0.1) is 0 Å². The normalized spacial score (nSPS) is 27.0. The van der Waals surface area contributed by atoms with E-state index in [4.69, 9.17) is 4.43 Å². The van der Waals surface area contributed by atoms with Gasteiger partial charge in [-0.25, -0.2) is 0 Å². The zero-order valence-electron chi connectivity index (χ0n) is 9.06. The van der Waals surface area contributed by atoms with Crippen LogP contribution in [0.2, 0.25) is 12.1 Å². The molecule has 0 aromatic rings. The van der Waals surface area contributed by atoms with Crippen LogP contribution in [-0.4, -0.2) is 32.8 Å². The summed E-state index contributed by atoms with van der Waals surface area (Å²) in [7, 11) is 0.454. The van der Waals surface area contributed by atoms with Gasteiger partial charge in [0.1, 0.15) is 9.28 Å². The van der Waals surface area contributed by atoms with Crippen molar-refractivity contribution in [2.75, 3.05) is 6.61 Å². The first-order chi connectivity index (χ1) is 6.43. The molecule has 1 unspecified atom stereocenters. The van der Waals surface area contributed by atoms with Gasteiger partial charge in [-0.05, 0) is 6.04 Å². The minimum atomic E-state index is -0.102. The average molecular weight is 233 g/mol. The van der Waals surface area contributed by atoms with E-state index in [0.717, 1.165) is 0 Å². The summed E-state index contributed by atoms with van der Waals surface area (Å²) in [6.07, 6.45) is 7.43. The predicted molar refractivity (Wildman–Crippen MR) is 68.6 cm³/mol. The molecule has 0 aliphatic carbocycles. The van der Waals surface area contributed by atoms with Crippen molar-refractivity contribution >= 4 is 26.1 Å². The van der Waals surface area contributed by atoms with Gasteiger partial charge < -0.3 is 4.43 Å². The van der Waals surface area contributed by atoms with Crippen LogP contribution in [0.5, 0.6) is 0 Å². The summed E-state index contributed by atoms with van der Waals surface area (Å²) in [5.74, 6) is 0. The Morgan fingerprint density at radius 3 is 2.77 bits per heavy atom. The average Bonchev–Trinajstić information content (AvgIpc) is 2.19. The number of unbranched alkanes of at least 4 members (excludes halogenated alkanes) is 4. The van der Waals surface area contributed by atoms with E-state index in [-0.39, 0.29) is 17.6 Å². The van der Waals surface area contributed by atoms with Crippen molar-refractivity contribution in [2.45, 2.75) is 51.1 Å². The molecule has 0 aromatic heterocycles. The van der Waals surface area contributed by atoms with E-state index in [2.05, 4.69) is 6.92 Å². The molecule has 1 aliphatic rings. The summed E-state index contributed by atoms with van der Waals surface area (Å²) in [6.45, 7) is 3.47. The van der Waals surface area contributed by atoms with Gasteiger partial charge in [0.15, 0.2) is 0 Å². The maximum atomic E-state index is 5.58. The minimum Gasteiger partial charge on any atom is -0.428 e. The first kappa shape index (κ1) is 11.7. The van der Waals surface area contributed by atoms with Crippen molar-refractivity contribution in [3.63, 3.8) is 0 Å². The molecule has 1 heterocycles. The van der Waals surface area contributed by atoms with E-state index in [9.17, 15) is 0 Å². The number of hydrogen-bond donors (Lipinski definition) is 0. The summed E-state index contributed by atoms with van der Waals surface area (Å²) in [6, 6.07) is 3.24. The van der Waals surface area contributed by atoms with Gasteiger partial charge in [-0.3, -0.25) is 0 Å². The molecule has 4 heteroatoms. The molecule has 1 fully saturated rings. The molecule has 1 saturated heterocycles. The highest BCUT2D eigenvalue weighted by Gasteiger charge is 2.15. The van der Waals surface area contributed by atoms with Gasteiger partial charge >= 0.3 is 0 Å². The summed E-state index contributed by atoms with van der Waals surface area (Å²) in [5, 5.41) is 0. The second-order valence-electron chi connectivity index (χ2n) is 4.26. The Labute approximate surface area is 88.6 Å². The van der Waals surface area contributed by atoms with Crippen LogP contribution in [-0.2, 0) is 4.43 Å². The molecule has 0 aromatic carbocycles. The molecule has 0 bridgehead atoms. The fourth-order valence-corrected chi connectivity index (χ4v) is 20.4. The number of rotatable bonds is 6. The van der Waals surface area contributed by atoms with Gasteiger partial charge in [-0.1, -0.05) is 45.1 Å². The molecule has 78 valence electrons. The molecule has 0 saturated carbocycles. The molecular formula is C9H24OSi3. The summed E-state index contributed by atoms with van der Waals surface area (Å²) >= 11 is 0. The fraction of sp³-hybridized carbons (Fsp3) is 1.00. The van der Waals surface area contributed by atoms with E-state index in [1.807, 2.05) is 0 Å². The van der Waals surface area contributed by atoms with Gasteiger partial charge in [-0.15, -0.1) is 0 Å². The molecular weight excluding hydrogens is 208 g/mol. The Bertz CT molecular complexity index is 115. The summed E-state index contributed by atoms with van der Waals surface area (Å²) < 4.78 is 5.58. The Hall–Kier alpha value is 0.611. The predicted octanol–water partition coefficient (Wildman–Crippen LogP) is 0.878. The molecule has 13 heavy (non-hydrogen) atoms. The van der Waals surface area contributed by atoms with Crippen LogP contribution >= 0.6 is 0 Å². The first-order valence-electron chi connectivity index (χ1n) is 6.01. The van der Waals surface area contributed by atoms with Gasteiger partial charge in [0, 0.05) is 23.5 Å². The van der Waals surface area contributed by atoms with Crippen LogP contribution in [0.1, 0.15) is 39.0 Å². The second-order valence-corrected chi connectivity index (χ2v) is 20.2. The van der Waals surface area contributed by atoms with Crippen molar-refractivity contribution in [1.29, 1.82) is 0 Å². The van der Waals surface area contributed by atoms with Crippen molar-refractivity contribution < 1.29 is 4.43 Å². The fourth-order valence-electron chi connectivity index (χ4n) is 2.07. The van der Waals surface area contributed by atoms with E-state index in [1.54, 1.807) is 18.5 Å². The lowest BCUT2D eigenvalue weighted by atomic mass is 10.2. The highest BCUT2D eigenvalue weighted by Crippen LogP contribution is 2.11. The lowest BCUT2D eigenvalue weighted by Crippen LogP contribution is -2.35. The molecule has 0 spiro atoms. The monoisotopic (exact) mass is 232 g/mol. The second kappa shape index (κ2) is 7.96. The maximum Gasteiger partial charge on any atom is 0.140 e. The third-order valence-corrected chi connectivity index (χ3v) is 22.9. The lowest BCUT2D eigenvalue weighted by Gasteiger charge is -2.19. The molecule has 1 rings (SSSR count).